The van der Waals surface area contributed by atoms with Gasteiger partial charge in [-0.1, -0.05) is 41.9 Å². The van der Waals surface area contributed by atoms with Crippen molar-refractivity contribution in [3.05, 3.63) is 88.8 Å². The molecule has 2 unspecified atom stereocenters. The summed E-state index contributed by atoms with van der Waals surface area (Å²) in [6.45, 7) is 0.214. The number of hydrogen-bond donors (Lipinski definition) is 5. The molecule has 1 aromatic heterocycles. The number of halogens is 2. The van der Waals surface area contributed by atoms with Crippen LogP contribution in [0.4, 0.5) is 4.39 Å². The molecule has 3 aromatic rings. The highest BCUT2D eigenvalue weighted by atomic mass is 35.5. The van der Waals surface area contributed by atoms with Crippen LogP contribution in [0, 0.1) is 5.95 Å². The van der Waals surface area contributed by atoms with E-state index in [-0.39, 0.29) is 25.1 Å². The molecule has 0 radical (unpaired) electrons. The van der Waals surface area contributed by atoms with Crippen LogP contribution in [-0.4, -0.2) is 56.5 Å². The molecule has 35 heavy (non-hydrogen) atoms. The van der Waals surface area contributed by atoms with Gasteiger partial charge in [-0.05, 0) is 47.9 Å². The van der Waals surface area contributed by atoms with E-state index < -0.39 is 24.0 Å². The number of rotatable bonds is 9. The van der Waals surface area contributed by atoms with E-state index in [9.17, 15) is 14.6 Å². The number of hydrogen-bond acceptors (Lipinski definition) is 7. The third-order valence-corrected chi connectivity index (χ3v) is 4.79. The summed E-state index contributed by atoms with van der Waals surface area (Å²) in [6, 6.07) is 18.4. The van der Waals surface area contributed by atoms with Crippen molar-refractivity contribution in [1.29, 1.82) is 0 Å². The van der Waals surface area contributed by atoms with Crippen molar-refractivity contribution >= 4 is 23.5 Å². The number of benzene rings is 2. The van der Waals surface area contributed by atoms with E-state index in [4.69, 9.17) is 36.1 Å². The van der Waals surface area contributed by atoms with Crippen LogP contribution in [0.3, 0.4) is 0 Å². The molecule has 2 aromatic carbocycles. The molecule has 5 N–H and O–H groups in total. The predicted octanol–water partition coefficient (Wildman–Crippen LogP) is 3.05. The first-order valence-corrected chi connectivity index (χ1v) is 10.7. The van der Waals surface area contributed by atoms with Gasteiger partial charge in [-0.3, -0.25) is 0 Å². The number of nitrogens with zero attached hydrogens (tertiary/aromatic N) is 1. The average molecular weight is 507 g/mol. The number of aliphatic carboxylic acids is 2. The number of carbonyl (C=O) groups is 2. The topological polar surface area (TPSA) is 149 Å². The van der Waals surface area contributed by atoms with Crippen molar-refractivity contribution in [3.63, 3.8) is 0 Å². The van der Waals surface area contributed by atoms with Gasteiger partial charge in [0, 0.05) is 23.7 Å². The van der Waals surface area contributed by atoms with Gasteiger partial charge in [0.05, 0.1) is 12.7 Å². The molecule has 0 bridgehead atoms. The van der Waals surface area contributed by atoms with Crippen molar-refractivity contribution in [1.82, 2.24) is 10.3 Å². The summed E-state index contributed by atoms with van der Waals surface area (Å²) in [5.74, 6) is -3.53. The first-order chi connectivity index (χ1) is 16.7. The molecule has 0 aliphatic carbocycles. The van der Waals surface area contributed by atoms with Crippen LogP contribution in [0.5, 0.6) is 11.6 Å². The predicted molar refractivity (Wildman–Crippen MR) is 125 cm³/mol. The first-order valence-electron chi connectivity index (χ1n) is 10.3. The van der Waals surface area contributed by atoms with Crippen LogP contribution in [0.1, 0.15) is 17.2 Å². The maximum Gasteiger partial charge on any atom is 0.414 e. The van der Waals surface area contributed by atoms with Crippen molar-refractivity contribution in [2.75, 3.05) is 13.2 Å². The van der Waals surface area contributed by atoms with Gasteiger partial charge in [0.2, 0.25) is 11.8 Å². The number of ether oxygens (including phenoxy) is 1. The molecule has 0 saturated heterocycles. The molecule has 0 fully saturated rings. The quantitative estimate of drug-likeness (QED) is 0.218. The maximum atomic E-state index is 13.1. The third kappa shape index (κ3) is 10.1. The van der Waals surface area contributed by atoms with E-state index in [1.807, 2.05) is 12.1 Å². The highest BCUT2D eigenvalue weighted by Crippen LogP contribution is 2.21. The van der Waals surface area contributed by atoms with Crippen LogP contribution >= 0.6 is 11.6 Å². The Kier molecular flexibility index (Phi) is 11.0. The van der Waals surface area contributed by atoms with Crippen molar-refractivity contribution in [3.8, 4) is 11.6 Å². The largest absolute Gasteiger partial charge is 0.473 e. The minimum Gasteiger partial charge on any atom is -0.473 e. The molecule has 3 rings (SSSR count). The molecule has 1 heterocycles. The smallest absolute Gasteiger partial charge is 0.414 e. The van der Waals surface area contributed by atoms with Gasteiger partial charge in [0.1, 0.15) is 5.75 Å². The SMILES string of the molecule is O=C(O)C(=O)O.OCC(Cc1ccc(Oc2cccc(F)n2)cc1)NCC(O)c1cccc(Cl)c1. The summed E-state index contributed by atoms with van der Waals surface area (Å²) in [5.41, 5.74) is 1.70. The van der Waals surface area contributed by atoms with Crippen LogP contribution in [-0.2, 0) is 16.0 Å². The van der Waals surface area contributed by atoms with E-state index >= 15 is 0 Å². The Hall–Kier alpha value is -3.57. The fourth-order valence-corrected chi connectivity index (χ4v) is 3.06. The number of pyridine rings is 1. The van der Waals surface area contributed by atoms with Crippen molar-refractivity contribution in [2.24, 2.45) is 0 Å². The zero-order valence-corrected chi connectivity index (χ0v) is 19.1. The van der Waals surface area contributed by atoms with Crippen LogP contribution in [0.15, 0.2) is 66.7 Å². The Bertz CT molecular complexity index is 1100. The van der Waals surface area contributed by atoms with Crippen molar-refractivity contribution < 1.29 is 39.1 Å². The summed E-state index contributed by atoms with van der Waals surface area (Å²) in [5, 5.41) is 38.5. The van der Waals surface area contributed by atoms with Crippen LogP contribution in [0.2, 0.25) is 5.02 Å². The second-order valence-corrected chi connectivity index (χ2v) is 7.65. The highest BCUT2D eigenvalue weighted by Gasteiger charge is 2.13. The minimum atomic E-state index is -1.82. The zero-order chi connectivity index (χ0) is 25.8. The standard InChI is InChI=1S/C22H22ClFN2O3.C2H2O4/c23-17-4-1-3-16(12-17)20(28)13-25-18(14-27)11-15-7-9-19(10-8-15)29-22-6-2-5-21(24)26-22;3-1(4)2(5)6/h1-10,12,18,20,25,27-28H,11,13-14H2;(H,3,4)(H,5,6). The molecular formula is C24H24ClFN2O7. The van der Waals surface area contributed by atoms with Gasteiger partial charge in [0.25, 0.3) is 0 Å². The Labute approximate surface area is 205 Å². The van der Waals surface area contributed by atoms with E-state index in [0.29, 0.717) is 22.8 Å². The molecule has 0 aliphatic rings. The van der Waals surface area contributed by atoms with Gasteiger partial charge in [-0.25, -0.2) is 9.59 Å². The maximum absolute atomic E-state index is 13.1. The molecule has 0 saturated carbocycles. The Balaban J connectivity index is 0.000000641. The van der Waals surface area contributed by atoms with Gasteiger partial charge in [-0.2, -0.15) is 9.37 Å². The fraction of sp³-hybridized carbons (Fsp3) is 0.208. The van der Waals surface area contributed by atoms with Gasteiger partial charge in [-0.15, -0.1) is 0 Å². The van der Waals surface area contributed by atoms with E-state index in [0.717, 1.165) is 5.56 Å². The first kappa shape index (κ1) is 27.7. The van der Waals surface area contributed by atoms with Crippen molar-refractivity contribution in [2.45, 2.75) is 18.6 Å². The van der Waals surface area contributed by atoms with E-state index in [1.54, 1.807) is 42.5 Å². The summed E-state index contributed by atoms with van der Waals surface area (Å²) >= 11 is 5.95. The number of carboxylic acids is 2. The highest BCUT2D eigenvalue weighted by molar-refractivity contribution is 6.30. The number of aliphatic hydroxyl groups is 2. The molecule has 186 valence electrons. The molecule has 9 nitrogen and oxygen atoms in total. The number of nitrogens with one attached hydrogen (secondary N) is 1. The monoisotopic (exact) mass is 506 g/mol. The zero-order valence-electron chi connectivity index (χ0n) is 18.3. The molecule has 2 atom stereocenters. The van der Waals surface area contributed by atoms with E-state index in [1.165, 1.54) is 12.1 Å². The molecular weight excluding hydrogens is 483 g/mol. The van der Waals surface area contributed by atoms with E-state index in [2.05, 4.69) is 10.3 Å². The molecule has 0 aliphatic heterocycles. The Morgan fingerprint density at radius 2 is 1.69 bits per heavy atom. The second-order valence-electron chi connectivity index (χ2n) is 7.22. The van der Waals surface area contributed by atoms with Gasteiger partial charge < -0.3 is 30.5 Å². The summed E-state index contributed by atoms with van der Waals surface area (Å²) in [7, 11) is 0. The summed E-state index contributed by atoms with van der Waals surface area (Å²) in [4.78, 5) is 21.9. The number of aliphatic hydroxyl groups excluding tert-OH is 2. The normalized spacial score (nSPS) is 12.1. The molecule has 0 spiro atoms. The van der Waals surface area contributed by atoms with Crippen LogP contribution < -0.4 is 10.1 Å². The Morgan fingerprint density at radius 3 is 2.26 bits per heavy atom. The minimum absolute atomic E-state index is 0.0757. The summed E-state index contributed by atoms with van der Waals surface area (Å²) in [6.07, 6.45) is -0.158. The number of carboxylic acid groups (broad SMARTS) is 2. The summed E-state index contributed by atoms with van der Waals surface area (Å²) < 4.78 is 18.7. The lowest BCUT2D eigenvalue weighted by Crippen LogP contribution is -2.37. The van der Waals surface area contributed by atoms with Gasteiger partial charge in [0.15, 0.2) is 0 Å². The lowest BCUT2D eigenvalue weighted by atomic mass is 10.1. The lowest BCUT2D eigenvalue weighted by Gasteiger charge is -2.19. The van der Waals surface area contributed by atoms with Gasteiger partial charge >= 0.3 is 11.9 Å². The number of aromatic nitrogens is 1. The third-order valence-electron chi connectivity index (χ3n) is 4.55. The Morgan fingerprint density at radius 1 is 1.03 bits per heavy atom. The van der Waals surface area contributed by atoms with Crippen LogP contribution in [0.25, 0.3) is 0 Å². The average Bonchev–Trinajstić information content (AvgIpc) is 2.83. The molecule has 0 amide bonds. The lowest BCUT2D eigenvalue weighted by molar-refractivity contribution is -0.159. The molecule has 11 heteroatoms. The fourth-order valence-electron chi connectivity index (χ4n) is 2.86. The second kappa shape index (κ2) is 14.0.